The Balaban J connectivity index is 2.36. The van der Waals surface area contributed by atoms with Crippen LogP contribution in [0.15, 0.2) is 30.3 Å². The Hall–Kier alpha value is -1.71. The molecule has 0 spiro atoms. The first-order chi connectivity index (χ1) is 9.99. The van der Waals surface area contributed by atoms with Gasteiger partial charge in [-0.1, -0.05) is 41.4 Å². The van der Waals surface area contributed by atoms with Gasteiger partial charge in [0.05, 0.1) is 10.4 Å². The fraction of sp³-hybridized carbons (Fsp3) is 0.125. The molecule has 2 aromatic carbocycles. The summed E-state index contributed by atoms with van der Waals surface area (Å²) in [5, 5.41) is 0.830. The lowest BCUT2D eigenvalue weighted by atomic mass is 10.0. The van der Waals surface area contributed by atoms with E-state index in [0.717, 1.165) is 16.7 Å². The lowest BCUT2D eigenvalue weighted by Crippen LogP contribution is -1.97. The summed E-state index contributed by atoms with van der Waals surface area (Å²) in [5.74, 6) is -0.0693. The normalized spacial score (nSPS) is 11.1. The van der Waals surface area contributed by atoms with Crippen LogP contribution in [0.2, 0.25) is 10.2 Å². The molecule has 1 aromatic heterocycles. The second kappa shape index (κ2) is 5.24. The molecule has 0 aliphatic heterocycles. The van der Waals surface area contributed by atoms with Gasteiger partial charge in [0.2, 0.25) is 0 Å². The van der Waals surface area contributed by atoms with E-state index in [1.54, 1.807) is 0 Å². The molecule has 0 fully saturated rings. The maximum atomic E-state index is 14.0. The molecule has 5 heteroatoms. The Labute approximate surface area is 131 Å². The zero-order chi connectivity index (χ0) is 15.1. The third-order valence-corrected chi connectivity index (χ3v) is 4.14. The summed E-state index contributed by atoms with van der Waals surface area (Å²) in [5.41, 5.74) is 3.12. The first kappa shape index (κ1) is 14.2. The molecule has 21 heavy (non-hydrogen) atoms. The number of aromatic nitrogens is 2. The van der Waals surface area contributed by atoms with E-state index in [4.69, 9.17) is 23.2 Å². The Kier molecular flexibility index (Phi) is 3.56. The van der Waals surface area contributed by atoms with Gasteiger partial charge in [0, 0.05) is 5.56 Å². The summed E-state index contributed by atoms with van der Waals surface area (Å²) in [6.45, 7) is 3.97. The van der Waals surface area contributed by atoms with Crippen molar-refractivity contribution in [1.29, 1.82) is 0 Å². The smallest absolute Gasteiger partial charge is 0.161 e. The number of hydrogen-bond acceptors (Lipinski definition) is 2. The largest absolute Gasteiger partial charge is 0.225 e. The summed E-state index contributed by atoms with van der Waals surface area (Å²) >= 11 is 12.2. The van der Waals surface area contributed by atoms with Crippen molar-refractivity contribution in [1.82, 2.24) is 9.97 Å². The van der Waals surface area contributed by atoms with Gasteiger partial charge in [-0.3, -0.25) is 0 Å². The van der Waals surface area contributed by atoms with E-state index in [9.17, 15) is 4.39 Å². The van der Waals surface area contributed by atoms with Crippen molar-refractivity contribution in [3.05, 3.63) is 57.5 Å². The number of fused-ring (bicyclic) bond motifs is 1. The summed E-state index contributed by atoms with van der Waals surface area (Å²) < 4.78 is 14.0. The summed E-state index contributed by atoms with van der Waals surface area (Å²) in [4.78, 5) is 8.59. The molecule has 0 radical (unpaired) electrons. The third-order valence-electron chi connectivity index (χ3n) is 3.55. The number of hydrogen-bond donors (Lipinski definition) is 0. The minimum atomic E-state index is -0.467. The van der Waals surface area contributed by atoms with Crippen LogP contribution in [-0.2, 0) is 0 Å². The molecular weight excluding hydrogens is 310 g/mol. The Morgan fingerprint density at radius 3 is 2.52 bits per heavy atom. The van der Waals surface area contributed by atoms with Crippen LogP contribution in [0.4, 0.5) is 4.39 Å². The molecule has 0 N–H and O–H groups in total. The van der Waals surface area contributed by atoms with E-state index < -0.39 is 5.82 Å². The second-order valence-electron chi connectivity index (χ2n) is 4.84. The van der Waals surface area contributed by atoms with Crippen molar-refractivity contribution in [2.45, 2.75) is 13.8 Å². The molecular formula is C16H11Cl2FN2. The highest BCUT2D eigenvalue weighted by Gasteiger charge is 2.15. The second-order valence-corrected chi connectivity index (χ2v) is 5.60. The van der Waals surface area contributed by atoms with Crippen LogP contribution in [0.3, 0.4) is 0 Å². The lowest BCUT2D eigenvalue weighted by Gasteiger charge is -2.10. The van der Waals surface area contributed by atoms with E-state index in [-0.39, 0.29) is 10.7 Å². The van der Waals surface area contributed by atoms with E-state index >= 15 is 0 Å². The number of halogens is 3. The molecule has 0 atom stereocenters. The van der Waals surface area contributed by atoms with E-state index in [1.807, 2.05) is 32.0 Å². The average Bonchev–Trinajstić information content (AvgIpc) is 2.45. The minimum absolute atomic E-state index is 0.137. The van der Waals surface area contributed by atoms with Crippen LogP contribution in [0.5, 0.6) is 0 Å². The predicted octanol–water partition coefficient (Wildman–Crippen LogP) is 5.36. The van der Waals surface area contributed by atoms with Gasteiger partial charge in [0.1, 0.15) is 16.5 Å². The van der Waals surface area contributed by atoms with Gasteiger partial charge < -0.3 is 0 Å². The van der Waals surface area contributed by atoms with E-state index in [1.165, 1.54) is 12.1 Å². The molecule has 1 heterocycles. The van der Waals surface area contributed by atoms with Crippen LogP contribution in [0, 0.1) is 19.7 Å². The van der Waals surface area contributed by atoms with Gasteiger partial charge in [0.15, 0.2) is 5.82 Å². The number of nitrogens with zero attached hydrogens (tertiary/aromatic N) is 2. The summed E-state index contributed by atoms with van der Waals surface area (Å²) in [7, 11) is 0. The maximum absolute atomic E-state index is 14.0. The molecule has 2 nitrogen and oxygen atoms in total. The van der Waals surface area contributed by atoms with Crippen molar-refractivity contribution in [3.8, 4) is 11.4 Å². The van der Waals surface area contributed by atoms with Gasteiger partial charge in [0.25, 0.3) is 0 Å². The molecule has 0 aliphatic carbocycles. The molecule has 3 aromatic rings. The van der Waals surface area contributed by atoms with Crippen LogP contribution < -0.4 is 0 Å². The summed E-state index contributed by atoms with van der Waals surface area (Å²) in [6, 6.07) is 8.53. The fourth-order valence-electron chi connectivity index (χ4n) is 2.24. The minimum Gasteiger partial charge on any atom is -0.225 e. The van der Waals surface area contributed by atoms with Crippen molar-refractivity contribution in [2.75, 3.05) is 0 Å². The Morgan fingerprint density at radius 2 is 1.76 bits per heavy atom. The van der Waals surface area contributed by atoms with Crippen molar-refractivity contribution < 1.29 is 4.39 Å². The number of benzene rings is 2. The predicted molar refractivity (Wildman–Crippen MR) is 84.4 cm³/mol. The standard InChI is InChI=1S/C16H11Cl2FN2/c1-8-4-3-5-10(9(8)2)16-20-14-12(19)7-6-11(17)13(14)15(18)21-16/h3-7H,1-2H3. The van der Waals surface area contributed by atoms with Gasteiger partial charge in [-0.05, 0) is 37.1 Å². The number of rotatable bonds is 1. The van der Waals surface area contributed by atoms with E-state index in [0.29, 0.717) is 16.2 Å². The molecule has 0 bridgehead atoms. The SMILES string of the molecule is Cc1cccc(-c2nc(Cl)c3c(Cl)ccc(F)c3n2)c1C. The first-order valence-electron chi connectivity index (χ1n) is 6.37. The summed E-state index contributed by atoms with van der Waals surface area (Å²) in [6.07, 6.45) is 0. The molecule has 0 unspecified atom stereocenters. The van der Waals surface area contributed by atoms with Crippen molar-refractivity contribution >= 4 is 34.1 Å². The molecule has 106 valence electrons. The van der Waals surface area contributed by atoms with Crippen molar-refractivity contribution in [2.24, 2.45) is 0 Å². The van der Waals surface area contributed by atoms with E-state index in [2.05, 4.69) is 9.97 Å². The molecule has 0 saturated carbocycles. The molecule has 0 saturated heterocycles. The van der Waals surface area contributed by atoms with Crippen LogP contribution >= 0.6 is 23.2 Å². The molecule has 3 rings (SSSR count). The zero-order valence-electron chi connectivity index (χ0n) is 11.4. The molecule has 0 amide bonds. The average molecular weight is 321 g/mol. The molecule has 0 aliphatic rings. The van der Waals surface area contributed by atoms with Gasteiger partial charge in [-0.2, -0.15) is 0 Å². The Morgan fingerprint density at radius 1 is 1.00 bits per heavy atom. The zero-order valence-corrected chi connectivity index (χ0v) is 12.9. The van der Waals surface area contributed by atoms with Gasteiger partial charge in [-0.15, -0.1) is 0 Å². The monoisotopic (exact) mass is 320 g/mol. The van der Waals surface area contributed by atoms with Gasteiger partial charge in [-0.25, -0.2) is 14.4 Å². The highest BCUT2D eigenvalue weighted by atomic mass is 35.5. The van der Waals surface area contributed by atoms with Crippen LogP contribution in [-0.4, -0.2) is 9.97 Å². The highest BCUT2D eigenvalue weighted by molar-refractivity contribution is 6.41. The first-order valence-corrected chi connectivity index (χ1v) is 7.12. The number of aryl methyl sites for hydroxylation is 1. The lowest BCUT2D eigenvalue weighted by molar-refractivity contribution is 0.636. The third kappa shape index (κ3) is 2.37. The fourth-order valence-corrected chi connectivity index (χ4v) is 2.80. The highest BCUT2D eigenvalue weighted by Crippen LogP contribution is 2.32. The Bertz CT molecular complexity index is 863. The van der Waals surface area contributed by atoms with Crippen LogP contribution in [0.25, 0.3) is 22.3 Å². The van der Waals surface area contributed by atoms with Crippen LogP contribution in [0.1, 0.15) is 11.1 Å². The van der Waals surface area contributed by atoms with Crippen molar-refractivity contribution in [3.63, 3.8) is 0 Å². The maximum Gasteiger partial charge on any atom is 0.161 e. The topological polar surface area (TPSA) is 25.8 Å². The van der Waals surface area contributed by atoms with Gasteiger partial charge >= 0.3 is 0 Å². The quantitative estimate of drug-likeness (QED) is 0.564.